The SMILES string of the molecule is CCCc1c(OCC(O)CSCC2SC(CCC(=O)O)(CCC(=O)O)OC2(CC)CC)ccc(C(C)=O)c1O. The van der Waals surface area contributed by atoms with Crippen LogP contribution in [0, 0.1) is 0 Å². The molecule has 0 bridgehead atoms. The van der Waals surface area contributed by atoms with E-state index in [0.717, 1.165) is 6.42 Å². The predicted molar refractivity (Wildman–Crippen MR) is 153 cm³/mol. The van der Waals surface area contributed by atoms with Gasteiger partial charge >= 0.3 is 11.9 Å². The van der Waals surface area contributed by atoms with Crippen molar-refractivity contribution >= 4 is 41.2 Å². The fraction of sp³-hybridized carbons (Fsp3) is 0.679. The molecule has 2 rings (SSSR count). The van der Waals surface area contributed by atoms with Gasteiger partial charge in [0.2, 0.25) is 0 Å². The van der Waals surface area contributed by atoms with Crippen LogP contribution in [-0.2, 0) is 20.7 Å². The normalized spacial score (nSPS) is 18.5. The van der Waals surface area contributed by atoms with Crippen molar-refractivity contribution in [3.8, 4) is 11.5 Å². The molecule has 1 aromatic carbocycles. The van der Waals surface area contributed by atoms with Gasteiger partial charge in [-0.2, -0.15) is 11.8 Å². The van der Waals surface area contributed by atoms with Crippen LogP contribution in [0.25, 0.3) is 0 Å². The number of carboxylic acids is 2. The minimum absolute atomic E-state index is 0.000405. The second kappa shape index (κ2) is 15.2. The molecule has 2 atom stereocenters. The molecule has 2 unspecified atom stereocenters. The number of thioether (sulfide) groups is 2. The maximum Gasteiger partial charge on any atom is 0.303 e. The van der Waals surface area contributed by atoms with Crippen molar-refractivity contribution < 1.29 is 44.3 Å². The fourth-order valence-electron chi connectivity index (χ4n) is 4.88. The molecule has 1 aliphatic heterocycles. The lowest BCUT2D eigenvalue weighted by atomic mass is 9.92. The summed E-state index contributed by atoms with van der Waals surface area (Å²) in [4.78, 5) is 33.5. The van der Waals surface area contributed by atoms with E-state index < -0.39 is 28.6 Å². The van der Waals surface area contributed by atoms with Crippen LogP contribution >= 0.6 is 23.5 Å². The number of ether oxygens (including phenoxy) is 2. The van der Waals surface area contributed by atoms with Crippen LogP contribution < -0.4 is 4.74 Å². The third kappa shape index (κ3) is 9.03. The Balaban J connectivity index is 2.04. The average Bonchev–Trinajstić information content (AvgIpc) is 3.21. The van der Waals surface area contributed by atoms with Gasteiger partial charge in [-0.15, -0.1) is 11.8 Å². The van der Waals surface area contributed by atoms with Gasteiger partial charge in [0.25, 0.3) is 0 Å². The highest BCUT2D eigenvalue weighted by atomic mass is 32.2. The molecule has 0 spiro atoms. The summed E-state index contributed by atoms with van der Waals surface area (Å²) in [5.41, 5.74) is 0.289. The van der Waals surface area contributed by atoms with Crippen LogP contribution in [0.1, 0.15) is 88.6 Å². The van der Waals surface area contributed by atoms with Crippen LogP contribution in [0.2, 0.25) is 0 Å². The Bertz CT molecular complexity index is 975. The van der Waals surface area contributed by atoms with E-state index in [1.165, 1.54) is 24.8 Å². The smallest absolute Gasteiger partial charge is 0.303 e. The maximum atomic E-state index is 11.8. The largest absolute Gasteiger partial charge is 0.507 e. The summed E-state index contributed by atoms with van der Waals surface area (Å²) >= 11 is 3.08. The van der Waals surface area contributed by atoms with Crippen molar-refractivity contribution in [3.63, 3.8) is 0 Å². The van der Waals surface area contributed by atoms with Crippen LogP contribution in [0.3, 0.4) is 0 Å². The van der Waals surface area contributed by atoms with E-state index in [1.54, 1.807) is 17.8 Å². The summed E-state index contributed by atoms with van der Waals surface area (Å²) in [7, 11) is 0. The second-order valence-electron chi connectivity index (χ2n) is 9.93. The van der Waals surface area contributed by atoms with E-state index in [-0.39, 0.29) is 54.6 Å². The van der Waals surface area contributed by atoms with Crippen LogP contribution in [0.15, 0.2) is 12.1 Å². The minimum atomic E-state index is -0.945. The number of carbonyl (C=O) groups excluding carboxylic acids is 1. The van der Waals surface area contributed by atoms with Gasteiger partial charge in [-0.3, -0.25) is 14.4 Å². The van der Waals surface area contributed by atoms with E-state index in [2.05, 4.69) is 0 Å². The molecular formula is C28H42O9S2. The third-order valence-corrected chi connectivity index (χ3v) is 10.3. The zero-order chi connectivity index (χ0) is 29.2. The average molecular weight is 587 g/mol. The Labute approximate surface area is 239 Å². The van der Waals surface area contributed by atoms with Gasteiger partial charge in [0, 0.05) is 35.2 Å². The molecule has 0 saturated carbocycles. The maximum absolute atomic E-state index is 11.8. The molecule has 1 saturated heterocycles. The first-order chi connectivity index (χ1) is 18.4. The van der Waals surface area contributed by atoms with Crippen LogP contribution in [-0.4, -0.2) is 78.1 Å². The molecule has 1 heterocycles. The molecule has 0 radical (unpaired) electrons. The number of benzene rings is 1. The number of Topliss-reactive ketones (excluding diaryl/α,β-unsaturated/α-hetero) is 1. The standard InChI is InChI=1S/C28H42O9S2/c1-5-8-21-22(10-9-20(18(4)29)26(21)35)36-15-19(30)16-38-17-23-27(6-2,7-3)37-28(39-23,13-11-24(31)32)14-12-25(33)34/h9-10,19,23,30,35H,5-8,11-17H2,1-4H3,(H,31,32)(H,33,34). The molecule has 0 aliphatic carbocycles. The lowest BCUT2D eigenvalue weighted by Crippen LogP contribution is -2.41. The molecule has 9 nitrogen and oxygen atoms in total. The number of phenols is 1. The number of aliphatic carboxylic acids is 2. The highest BCUT2D eigenvalue weighted by molar-refractivity contribution is 8.04. The zero-order valence-corrected chi connectivity index (χ0v) is 24.9. The number of rotatable bonds is 18. The summed E-state index contributed by atoms with van der Waals surface area (Å²) in [6.45, 7) is 7.43. The molecule has 0 amide bonds. The van der Waals surface area contributed by atoms with E-state index in [4.69, 9.17) is 9.47 Å². The summed E-state index contributed by atoms with van der Waals surface area (Å²) in [5.74, 6) is -0.722. The summed E-state index contributed by atoms with van der Waals surface area (Å²) in [6.07, 6.45) is 2.17. The number of carbonyl (C=O) groups is 3. The van der Waals surface area contributed by atoms with E-state index in [1.807, 2.05) is 20.8 Å². The predicted octanol–water partition coefficient (Wildman–Crippen LogP) is 5.14. The van der Waals surface area contributed by atoms with Gasteiger partial charge in [-0.25, -0.2) is 0 Å². The van der Waals surface area contributed by atoms with Crippen molar-refractivity contribution in [2.45, 2.75) is 101 Å². The quantitative estimate of drug-likeness (QED) is 0.169. The lowest BCUT2D eigenvalue weighted by Gasteiger charge is -2.34. The van der Waals surface area contributed by atoms with Crippen molar-refractivity contribution in [2.24, 2.45) is 0 Å². The second-order valence-corrected chi connectivity index (χ2v) is 12.5. The molecule has 1 aliphatic rings. The van der Waals surface area contributed by atoms with E-state index in [9.17, 15) is 34.8 Å². The molecule has 0 aromatic heterocycles. The zero-order valence-electron chi connectivity index (χ0n) is 23.2. The van der Waals surface area contributed by atoms with E-state index in [0.29, 0.717) is 42.1 Å². The summed E-state index contributed by atoms with van der Waals surface area (Å²) in [5, 5.41) is 39.7. The number of phenolic OH excluding ortho intramolecular Hbond substituents is 1. The molecule has 39 heavy (non-hydrogen) atoms. The Morgan fingerprint density at radius 3 is 2.23 bits per heavy atom. The fourth-order valence-corrected chi connectivity index (χ4v) is 8.23. The van der Waals surface area contributed by atoms with Crippen molar-refractivity contribution in [1.82, 2.24) is 0 Å². The van der Waals surface area contributed by atoms with Gasteiger partial charge in [0.05, 0.1) is 17.3 Å². The molecule has 1 aromatic rings. The van der Waals surface area contributed by atoms with Gasteiger partial charge in [-0.1, -0.05) is 27.2 Å². The van der Waals surface area contributed by atoms with Gasteiger partial charge in [0.15, 0.2) is 5.78 Å². The molecular weight excluding hydrogens is 544 g/mol. The first-order valence-corrected chi connectivity index (χ1v) is 15.5. The molecule has 11 heteroatoms. The summed E-state index contributed by atoms with van der Waals surface area (Å²) in [6, 6.07) is 3.18. The number of aromatic hydroxyl groups is 1. The minimum Gasteiger partial charge on any atom is -0.507 e. The van der Waals surface area contributed by atoms with Crippen LogP contribution in [0.5, 0.6) is 11.5 Å². The number of ketones is 1. The lowest BCUT2D eigenvalue weighted by molar-refractivity contribution is -0.143. The van der Waals surface area contributed by atoms with Crippen molar-refractivity contribution in [1.29, 1.82) is 0 Å². The third-order valence-electron chi connectivity index (χ3n) is 7.10. The highest BCUT2D eigenvalue weighted by Gasteiger charge is 2.54. The monoisotopic (exact) mass is 586 g/mol. The first kappa shape index (κ1) is 33.3. The van der Waals surface area contributed by atoms with Crippen molar-refractivity contribution in [2.75, 3.05) is 18.1 Å². The first-order valence-electron chi connectivity index (χ1n) is 13.5. The van der Waals surface area contributed by atoms with Gasteiger partial charge in [0.1, 0.15) is 23.0 Å². The number of hydrogen-bond donors (Lipinski definition) is 4. The highest BCUT2D eigenvalue weighted by Crippen LogP contribution is 2.55. The Morgan fingerprint density at radius 1 is 1.10 bits per heavy atom. The number of aliphatic hydroxyl groups excluding tert-OH is 1. The number of hydrogen-bond acceptors (Lipinski definition) is 9. The Morgan fingerprint density at radius 2 is 1.72 bits per heavy atom. The number of carboxylic acid groups (broad SMARTS) is 2. The summed E-state index contributed by atoms with van der Waals surface area (Å²) < 4.78 is 12.4. The van der Waals surface area contributed by atoms with E-state index >= 15 is 0 Å². The van der Waals surface area contributed by atoms with Gasteiger partial charge in [-0.05, 0) is 51.2 Å². The Hall–Kier alpha value is -1.95. The molecule has 1 fully saturated rings. The molecule has 220 valence electrons. The van der Waals surface area contributed by atoms with Crippen LogP contribution in [0.4, 0.5) is 0 Å². The number of aliphatic hydroxyl groups is 1. The van der Waals surface area contributed by atoms with Crippen molar-refractivity contribution in [3.05, 3.63) is 23.3 Å². The topological polar surface area (TPSA) is 151 Å². The molecule has 4 N–H and O–H groups in total. The van der Waals surface area contributed by atoms with Gasteiger partial charge < -0.3 is 29.9 Å². The Kier molecular flexibility index (Phi) is 12.9.